The van der Waals surface area contributed by atoms with Gasteiger partial charge in [-0.25, -0.2) is 0 Å². The van der Waals surface area contributed by atoms with E-state index in [1.807, 2.05) is 0 Å². The van der Waals surface area contributed by atoms with Gasteiger partial charge in [0.05, 0.1) is 11.5 Å². The second-order valence-electron chi connectivity index (χ2n) is 4.21. The van der Waals surface area contributed by atoms with Gasteiger partial charge in [0.15, 0.2) is 0 Å². The van der Waals surface area contributed by atoms with E-state index in [2.05, 4.69) is 10.6 Å². The molecule has 0 aromatic heterocycles. The van der Waals surface area contributed by atoms with Crippen molar-refractivity contribution in [3.8, 4) is 0 Å². The second kappa shape index (κ2) is 6.48. The van der Waals surface area contributed by atoms with Gasteiger partial charge in [0.25, 0.3) is 11.6 Å². The van der Waals surface area contributed by atoms with Crippen molar-refractivity contribution in [1.29, 1.82) is 0 Å². The largest absolute Gasteiger partial charge is 0.352 e. The summed E-state index contributed by atoms with van der Waals surface area (Å²) in [6.07, 6.45) is 0. The number of nitro benzene ring substituents is 1. The van der Waals surface area contributed by atoms with Crippen LogP contribution in [0.15, 0.2) is 24.3 Å². The van der Waals surface area contributed by atoms with Crippen LogP contribution in [0.5, 0.6) is 0 Å². The van der Waals surface area contributed by atoms with Crippen molar-refractivity contribution >= 4 is 17.5 Å². The molecule has 1 aromatic carbocycles. The van der Waals surface area contributed by atoms with Crippen LogP contribution in [0.3, 0.4) is 0 Å². The molecule has 0 spiro atoms. The molecular formula is C12H15N3O4. The molecule has 0 radical (unpaired) electrons. The maximum atomic E-state index is 11.7. The molecule has 19 heavy (non-hydrogen) atoms. The number of carbonyl (C=O) groups excluding carboxylic acids is 2. The Morgan fingerprint density at radius 3 is 2.63 bits per heavy atom. The fourth-order valence-electron chi connectivity index (χ4n) is 1.40. The van der Waals surface area contributed by atoms with Gasteiger partial charge in [0.2, 0.25) is 5.91 Å². The number of hydrogen-bond donors (Lipinski definition) is 2. The van der Waals surface area contributed by atoms with Gasteiger partial charge in [0.1, 0.15) is 0 Å². The van der Waals surface area contributed by atoms with Gasteiger partial charge in [-0.15, -0.1) is 0 Å². The van der Waals surface area contributed by atoms with E-state index in [9.17, 15) is 19.7 Å². The Balaban J connectivity index is 2.61. The van der Waals surface area contributed by atoms with E-state index in [1.165, 1.54) is 18.2 Å². The molecule has 7 heteroatoms. The molecule has 0 aliphatic heterocycles. The number of amides is 2. The molecule has 2 N–H and O–H groups in total. The molecule has 0 aliphatic rings. The average Bonchev–Trinajstić information content (AvgIpc) is 2.35. The van der Waals surface area contributed by atoms with E-state index < -0.39 is 10.8 Å². The van der Waals surface area contributed by atoms with Crippen LogP contribution in [0.25, 0.3) is 0 Å². The third-order valence-electron chi connectivity index (χ3n) is 2.18. The average molecular weight is 265 g/mol. The molecule has 0 atom stereocenters. The minimum absolute atomic E-state index is 0.0118. The van der Waals surface area contributed by atoms with Gasteiger partial charge in [-0.3, -0.25) is 19.7 Å². The summed E-state index contributed by atoms with van der Waals surface area (Å²) in [6.45, 7) is 3.44. The number of non-ortho nitro benzene ring substituents is 1. The van der Waals surface area contributed by atoms with Crippen molar-refractivity contribution in [3.63, 3.8) is 0 Å². The van der Waals surface area contributed by atoms with Crippen molar-refractivity contribution in [3.05, 3.63) is 39.9 Å². The maximum Gasteiger partial charge on any atom is 0.270 e. The van der Waals surface area contributed by atoms with Crippen LogP contribution in [0, 0.1) is 10.1 Å². The lowest BCUT2D eigenvalue weighted by Crippen LogP contribution is -2.39. The highest BCUT2D eigenvalue weighted by Gasteiger charge is 2.12. The van der Waals surface area contributed by atoms with Gasteiger partial charge in [-0.1, -0.05) is 6.07 Å². The fourth-order valence-corrected chi connectivity index (χ4v) is 1.40. The zero-order valence-corrected chi connectivity index (χ0v) is 10.7. The molecule has 0 heterocycles. The lowest BCUT2D eigenvalue weighted by Gasteiger charge is -2.09. The van der Waals surface area contributed by atoms with Gasteiger partial charge in [-0.2, -0.15) is 0 Å². The minimum atomic E-state index is -0.581. The zero-order valence-electron chi connectivity index (χ0n) is 10.7. The summed E-state index contributed by atoms with van der Waals surface area (Å²) in [6, 6.07) is 5.31. The Labute approximate surface area is 110 Å². The SMILES string of the molecule is CC(C)NC(=O)CNC(=O)c1cccc([N+](=O)[O-])c1. The third kappa shape index (κ3) is 4.74. The normalized spacial score (nSPS) is 10.1. The molecule has 0 fully saturated rings. The Bertz CT molecular complexity index is 500. The van der Waals surface area contributed by atoms with Crippen molar-refractivity contribution in [1.82, 2.24) is 10.6 Å². The first-order valence-electron chi connectivity index (χ1n) is 5.72. The molecule has 0 bridgehead atoms. The Morgan fingerprint density at radius 1 is 1.37 bits per heavy atom. The van der Waals surface area contributed by atoms with Crippen LogP contribution < -0.4 is 10.6 Å². The minimum Gasteiger partial charge on any atom is -0.352 e. The number of benzene rings is 1. The van der Waals surface area contributed by atoms with Crippen LogP contribution >= 0.6 is 0 Å². The molecular weight excluding hydrogens is 250 g/mol. The summed E-state index contributed by atoms with van der Waals surface area (Å²) in [7, 11) is 0. The number of nitro groups is 1. The van der Waals surface area contributed by atoms with Crippen LogP contribution in [-0.2, 0) is 4.79 Å². The molecule has 2 amide bonds. The summed E-state index contributed by atoms with van der Waals surface area (Å²) >= 11 is 0. The summed E-state index contributed by atoms with van der Waals surface area (Å²) in [5.41, 5.74) is -0.0224. The van der Waals surface area contributed by atoms with Gasteiger partial charge >= 0.3 is 0 Å². The predicted octanol–water partition coefficient (Wildman–Crippen LogP) is 0.849. The van der Waals surface area contributed by atoms with Gasteiger partial charge < -0.3 is 10.6 Å². The van der Waals surface area contributed by atoms with E-state index in [1.54, 1.807) is 13.8 Å². The zero-order chi connectivity index (χ0) is 14.4. The summed E-state index contributed by atoms with van der Waals surface area (Å²) in [4.78, 5) is 33.0. The highest BCUT2D eigenvalue weighted by molar-refractivity contribution is 5.96. The van der Waals surface area contributed by atoms with E-state index in [-0.39, 0.29) is 29.7 Å². The standard InChI is InChI=1S/C12H15N3O4/c1-8(2)14-11(16)7-13-12(17)9-4-3-5-10(6-9)15(18)19/h3-6,8H,7H2,1-2H3,(H,13,17)(H,14,16). The smallest absolute Gasteiger partial charge is 0.270 e. The van der Waals surface area contributed by atoms with Crippen LogP contribution in [0.1, 0.15) is 24.2 Å². The van der Waals surface area contributed by atoms with Crippen LogP contribution in [0.2, 0.25) is 0 Å². The number of nitrogens with zero attached hydrogens (tertiary/aromatic N) is 1. The molecule has 0 saturated heterocycles. The molecule has 0 unspecified atom stereocenters. The van der Waals surface area contributed by atoms with Crippen LogP contribution in [-0.4, -0.2) is 29.3 Å². The van der Waals surface area contributed by atoms with Crippen LogP contribution in [0.4, 0.5) is 5.69 Å². The number of nitrogens with one attached hydrogen (secondary N) is 2. The third-order valence-corrected chi connectivity index (χ3v) is 2.18. The summed E-state index contributed by atoms with van der Waals surface area (Å²) in [5, 5.41) is 15.6. The predicted molar refractivity (Wildman–Crippen MR) is 68.7 cm³/mol. The number of rotatable bonds is 5. The highest BCUT2D eigenvalue weighted by Crippen LogP contribution is 2.12. The molecule has 7 nitrogen and oxygen atoms in total. The van der Waals surface area contributed by atoms with Gasteiger partial charge in [-0.05, 0) is 19.9 Å². The molecule has 102 valence electrons. The van der Waals surface area contributed by atoms with Crippen molar-refractivity contribution < 1.29 is 14.5 Å². The summed E-state index contributed by atoms with van der Waals surface area (Å²) < 4.78 is 0. The topological polar surface area (TPSA) is 101 Å². The molecule has 0 saturated carbocycles. The fraction of sp³-hybridized carbons (Fsp3) is 0.333. The number of hydrogen-bond acceptors (Lipinski definition) is 4. The maximum absolute atomic E-state index is 11.7. The Morgan fingerprint density at radius 2 is 2.05 bits per heavy atom. The van der Waals surface area contributed by atoms with E-state index in [4.69, 9.17) is 0 Å². The summed E-state index contributed by atoms with van der Waals surface area (Å²) in [5.74, 6) is -0.837. The first-order valence-corrected chi connectivity index (χ1v) is 5.72. The number of carbonyl (C=O) groups is 2. The first kappa shape index (κ1) is 14.6. The van der Waals surface area contributed by atoms with E-state index in [0.717, 1.165) is 6.07 Å². The first-order chi connectivity index (χ1) is 8.90. The molecule has 0 aliphatic carbocycles. The molecule has 1 rings (SSSR count). The lowest BCUT2D eigenvalue weighted by molar-refractivity contribution is -0.384. The Kier molecular flexibility index (Phi) is 4.99. The lowest BCUT2D eigenvalue weighted by atomic mass is 10.2. The second-order valence-corrected chi connectivity index (χ2v) is 4.21. The van der Waals surface area contributed by atoms with Gasteiger partial charge in [0, 0.05) is 23.7 Å². The molecule has 1 aromatic rings. The van der Waals surface area contributed by atoms with E-state index >= 15 is 0 Å². The van der Waals surface area contributed by atoms with E-state index in [0.29, 0.717) is 0 Å². The quantitative estimate of drug-likeness (QED) is 0.608. The van der Waals surface area contributed by atoms with Crippen molar-refractivity contribution in [2.75, 3.05) is 6.54 Å². The monoisotopic (exact) mass is 265 g/mol. The van der Waals surface area contributed by atoms with Crippen molar-refractivity contribution in [2.45, 2.75) is 19.9 Å². The highest BCUT2D eigenvalue weighted by atomic mass is 16.6. The van der Waals surface area contributed by atoms with Crippen molar-refractivity contribution in [2.24, 2.45) is 0 Å². The Hall–Kier alpha value is -2.44.